The zero-order valence-corrected chi connectivity index (χ0v) is 13.9. The molecule has 5 heteroatoms. The van der Waals surface area contributed by atoms with E-state index in [0.717, 1.165) is 45.1 Å². The lowest BCUT2D eigenvalue weighted by atomic mass is 9.98. The van der Waals surface area contributed by atoms with Gasteiger partial charge in [0.05, 0.1) is 12.1 Å². The number of hydrogen-bond donors (Lipinski definition) is 2. The first kappa shape index (κ1) is 18.9. The van der Waals surface area contributed by atoms with Gasteiger partial charge in [0, 0.05) is 13.2 Å². The molecule has 1 aromatic rings. The van der Waals surface area contributed by atoms with E-state index in [1.807, 2.05) is 18.2 Å². The predicted molar refractivity (Wildman–Crippen MR) is 91.0 cm³/mol. The zero-order valence-electron chi connectivity index (χ0n) is 13.1. The Morgan fingerprint density at radius 2 is 1.86 bits per heavy atom. The van der Waals surface area contributed by atoms with Gasteiger partial charge in [0.15, 0.2) is 0 Å². The molecule has 124 valence electrons. The maximum Gasteiger partial charge on any atom is 0.240 e. The Kier molecular flexibility index (Phi) is 8.46. The monoisotopic (exact) mass is 326 g/mol. The molecule has 1 fully saturated rings. The summed E-state index contributed by atoms with van der Waals surface area (Å²) in [6, 6.07) is 10.1. The van der Waals surface area contributed by atoms with E-state index in [4.69, 9.17) is 10.5 Å². The molecule has 1 amide bonds. The van der Waals surface area contributed by atoms with Crippen LogP contribution in [-0.2, 0) is 16.1 Å². The van der Waals surface area contributed by atoms with E-state index < -0.39 is 5.54 Å². The van der Waals surface area contributed by atoms with Crippen LogP contribution in [0.15, 0.2) is 30.3 Å². The third-order valence-corrected chi connectivity index (χ3v) is 4.06. The van der Waals surface area contributed by atoms with Crippen LogP contribution in [0.4, 0.5) is 0 Å². The van der Waals surface area contributed by atoms with Gasteiger partial charge in [-0.1, -0.05) is 43.2 Å². The number of nitrogens with two attached hydrogens (primary N) is 1. The van der Waals surface area contributed by atoms with E-state index in [9.17, 15) is 4.79 Å². The average Bonchev–Trinajstić information content (AvgIpc) is 2.95. The van der Waals surface area contributed by atoms with Crippen molar-refractivity contribution in [1.82, 2.24) is 5.32 Å². The van der Waals surface area contributed by atoms with Gasteiger partial charge in [-0.3, -0.25) is 4.79 Å². The number of hydrogen-bond acceptors (Lipinski definition) is 3. The lowest BCUT2D eigenvalue weighted by Crippen LogP contribution is -2.52. The lowest BCUT2D eigenvalue weighted by Gasteiger charge is -2.22. The van der Waals surface area contributed by atoms with Gasteiger partial charge in [-0.2, -0.15) is 0 Å². The first-order valence-corrected chi connectivity index (χ1v) is 7.90. The van der Waals surface area contributed by atoms with Gasteiger partial charge in [0.1, 0.15) is 0 Å². The number of unbranched alkanes of at least 4 members (excludes halogenated alkanes) is 1. The highest BCUT2D eigenvalue weighted by Gasteiger charge is 2.36. The largest absolute Gasteiger partial charge is 0.377 e. The van der Waals surface area contributed by atoms with Crippen LogP contribution in [0.25, 0.3) is 0 Å². The molecular formula is C17H27ClN2O2. The van der Waals surface area contributed by atoms with Crippen LogP contribution in [-0.4, -0.2) is 24.6 Å². The van der Waals surface area contributed by atoms with Crippen molar-refractivity contribution >= 4 is 18.3 Å². The molecule has 22 heavy (non-hydrogen) atoms. The van der Waals surface area contributed by atoms with Gasteiger partial charge in [-0.15, -0.1) is 12.4 Å². The number of benzene rings is 1. The maximum atomic E-state index is 12.0. The normalized spacial score (nSPS) is 16.0. The minimum Gasteiger partial charge on any atom is -0.377 e. The summed E-state index contributed by atoms with van der Waals surface area (Å²) in [7, 11) is 0. The standard InChI is InChI=1S/C17H26N2O2.ClH/c18-17(10-4-5-11-17)16(20)19-12-6-7-13-21-14-15-8-2-1-3-9-15;/h1-3,8-9H,4-7,10-14,18H2,(H,19,20);1H. The Balaban J connectivity index is 0.00000242. The number of halogens is 1. The number of carbonyl (C=O) groups is 1. The molecule has 0 radical (unpaired) electrons. The summed E-state index contributed by atoms with van der Waals surface area (Å²) in [6.07, 6.45) is 5.65. The van der Waals surface area contributed by atoms with E-state index in [1.165, 1.54) is 5.56 Å². The average molecular weight is 327 g/mol. The lowest BCUT2D eigenvalue weighted by molar-refractivity contribution is -0.126. The van der Waals surface area contributed by atoms with Crippen molar-refractivity contribution in [3.63, 3.8) is 0 Å². The van der Waals surface area contributed by atoms with Crippen LogP contribution in [0.2, 0.25) is 0 Å². The first-order valence-electron chi connectivity index (χ1n) is 7.90. The van der Waals surface area contributed by atoms with Crippen molar-refractivity contribution in [3.8, 4) is 0 Å². The number of ether oxygens (including phenoxy) is 1. The topological polar surface area (TPSA) is 64.4 Å². The van der Waals surface area contributed by atoms with Crippen molar-refractivity contribution in [2.45, 2.75) is 50.7 Å². The maximum absolute atomic E-state index is 12.0. The highest BCUT2D eigenvalue weighted by atomic mass is 35.5. The molecule has 0 spiro atoms. The van der Waals surface area contributed by atoms with E-state index in [2.05, 4.69) is 17.4 Å². The molecule has 1 saturated carbocycles. The summed E-state index contributed by atoms with van der Waals surface area (Å²) in [5, 5.41) is 2.95. The summed E-state index contributed by atoms with van der Waals surface area (Å²) in [5.41, 5.74) is 6.68. The van der Waals surface area contributed by atoms with Gasteiger partial charge < -0.3 is 15.8 Å². The van der Waals surface area contributed by atoms with E-state index in [-0.39, 0.29) is 18.3 Å². The Bertz CT molecular complexity index is 434. The Morgan fingerprint density at radius 3 is 2.55 bits per heavy atom. The number of nitrogens with one attached hydrogen (secondary N) is 1. The highest BCUT2D eigenvalue weighted by Crippen LogP contribution is 2.27. The number of rotatable bonds is 8. The van der Waals surface area contributed by atoms with Crippen molar-refractivity contribution < 1.29 is 9.53 Å². The van der Waals surface area contributed by atoms with Gasteiger partial charge in [-0.05, 0) is 31.2 Å². The smallest absolute Gasteiger partial charge is 0.240 e. The van der Waals surface area contributed by atoms with Crippen molar-refractivity contribution in [2.75, 3.05) is 13.2 Å². The minimum atomic E-state index is -0.607. The fourth-order valence-corrected chi connectivity index (χ4v) is 2.70. The van der Waals surface area contributed by atoms with Gasteiger partial charge in [0.2, 0.25) is 5.91 Å². The van der Waals surface area contributed by atoms with Crippen molar-refractivity contribution in [2.24, 2.45) is 5.73 Å². The Hall–Kier alpha value is -1.10. The Morgan fingerprint density at radius 1 is 1.18 bits per heavy atom. The fraction of sp³-hybridized carbons (Fsp3) is 0.588. The molecular weight excluding hydrogens is 300 g/mol. The number of amides is 1. The Labute approximate surface area is 139 Å². The fourth-order valence-electron chi connectivity index (χ4n) is 2.70. The zero-order chi connectivity index (χ0) is 15.0. The molecule has 0 aliphatic heterocycles. The van der Waals surface area contributed by atoms with E-state index >= 15 is 0 Å². The molecule has 0 atom stereocenters. The molecule has 3 N–H and O–H groups in total. The van der Waals surface area contributed by atoms with E-state index in [0.29, 0.717) is 13.2 Å². The summed E-state index contributed by atoms with van der Waals surface area (Å²) < 4.78 is 5.61. The van der Waals surface area contributed by atoms with Crippen LogP contribution >= 0.6 is 12.4 Å². The van der Waals surface area contributed by atoms with Crippen molar-refractivity contribution in [3.05, 3.63) is 35.9 Å². The highest BCUT2D eigenvalue weighted by molar-refractivity contribution is 5.86. The van der Waals surface area contributed by atoms with Crippen LogP contribution < -0.4 is 11.1 Å². The molecule has 4 nitrogen and oxygen atoms in total. The molecule has 1 aliphatic carbocycles. The summed E-state index contributed by atoms with van der Waals surface area (Å²) in [4.78, 5) is 12.0. The van der Waals surface area contributed by atoms with Gasteiger partial charge in [-0.25, -0.2) is 0 Å². The molecule has 0 heterocycles. The summed E-state index contributed by atoms with van der Waals surface area (Å²) >= 11 is 0. The third kappa shape index (κ3) is 5.95. The molecule has 0 saturated heterocycles. The van der Waals surface area contributed by atoms with Crippen LogP contribution in [0.5, 0.6) is 0 Å². The van der Waals surface area contributed by atoms with Gasteiger partial charge in [0.25, 0.3) is 0 Å². The van der Waals surface area contributed by atoms with E-state index in [1.54, 1.807) is 0 Å². The predicted octanol–water partition coefficient (Wildman–Crippen LogP) is 2.79. The third-order valence-electron chi connectivity index (χ3n) is 4.06. The molecule has 1 aliphatic rings. The summed E-state index contributed by atoms with van der Waals surface area (Å²) in [5.74, 6) is 0.0187. The first-order chi connectivity index (χ1) is 10.2. The molecule has 0 aromatic heterocycles. The van der Waals surface area contributed by atoms with Crippen LogP contribution in [0, 0.1) is 0 Å². The second-order valence-electron chi connectivity index (χ2n) is 5.86. The van der Waals surface area contributed by atoms with Crippen molar-refractivity contribution in [1.29, 1.82) is 0 Å². The minimum absolute atomic E-state index is 0. The molecule has 1 aromatic carbocycles. The quantitative estimate of drug-likeness (QED) is 0.722. The second-order valence-corrected chi connectivity index (χ2v) is 5.86. The second kappa shape index (κ2) is 9.82. The molecule has 0 unspecified atom stereocenters. The summed E-state index contributed by atoms with van der Waals surface area (Å²) in [6.45, 7) is 2.06. The molecule has 0 bridgehead atoms. The molecule has 2 rings (SSSR count). The van der Waals surface area contributed by atoms with Crippen LogP contribution in [0.3, 0.4) is 0 Å². The van der Waals surface area contributed by atoms with Crippen LogP contribution in [0.1, 0.15) is 44.1 Å². The number of carbonyl (C=O) groups excluding carboxylic acids is 1. The SMILES string of the molecule is Cl.NC1(C(=O)NCCCCOCc2ccccc2)CCCC1. The van der Waals surface area contributed by atoms with Gasteiger partial charge >= 0.3 is 0 Å².